The molecule has 3 rings (SSSR count). The van der Waals surface area contributed by atoms with Crippen LogP contribution in [0.1, 0.15) is 25.7 Å². The van der Waals surface area contributed by atoms with Crippen LogP contribution in [0.4, 0.5) is 18.9 Å². The van der Waals surface area contributed by atoms with Crippen molar-refractivity contribution in [3.8, 4) is 0 Å². The van der Waals surface area contributed by atoms with E-state index in [-0.39, 0.29) is 31.5 Å². The quantitative estimate of drug-likeness (QED) is 0.343. The lowest BCUT2D eigenvalue weighted by Gasteiger charge is -2.39. The number of hydrogen-bond acceptors (Lipinski definition) is 3. The second kappa shape index (κ2) is 8.23. The van der Waals surface area contributed by atoms with Crippen molar-refractivity contribution >= 4 is 23.0 Å². The summed E-state index contributed by atoms with van der Waals surface area (Å²) < 4.78 is 39.0. The molecule has 27 heavy (non-hydrogen) atoms. The van der Waals surface area contributed by atoms with Gasteiger partial charge in [0, 0.05) is 33.5 Å². The van der Waals surface area contributed by atoms with E-state index in [0.29, 0.717) is 23.6 Å². The molecule has 144 valence electrons. The third-order valence-electron chi connectivity index (χ3n) is 5.09. The molecule has 1 aromatic carbocycles. The van der Waals surface area contributed by atoms with Gasteiger partial charge in [-0.3, -0.25) is 4.99 Å². The smallest absolute Gasteiger partial charge is 0.325 e. The van der Waals surface area contributed by atoms with E-state index in [0.717, 1.165) is 5.69 Å². The minimum Gasteiger partial charge on any atom is -0.325 e. The van der Waals surface area contributed by atoms with Crippen molar-refractivity contribution in [3.63, 3.8) is 0 Å². The average molecular weight is 398 g/mol. The number of nitrogens with zero attached hydrogens (tertiary/aromatic N) is 5. The van der Waals surface area contributed by atoms with Crippen molar-refractivity contribution < 1.29 is 13.2 Å². The Morgan fingerprint density at radius 2 is 1.85 bits per heavy atom. The summed E-state index contributed by atoms with van der Waals surface area (Å²) in [5, 5.41) is 4.15. The number of aliphatic imine (C=N–C) groups is 1. The first kappa shape index (κ1) is 19.6. The molecule has 0 aromatic heterocycles. The lowest BCUT2D eigenvalue weighted by molar-refractivity contribution is -0.184. The van der Waals surface area contributed by atoms with Gasteiger partial charge in [-0.2, -0.15) is 13.2 Å². The number of halogens is 4. The Hall–Kier alpha value is -2.18. The van der Waals surface area contributed by atoms with Crippen molar-refractivity contribution in [1.29, 1.82) is 0 Å². The van der Waals surface area contributed by atoms with Crippen LogP contribution in [0.5, 0.6) is 0 Å². The summed E-state index contributed by atoms with van der Waals surface area (Å²) in [6.45, 7) is 0.121. The molecule has 0 saturated heterocycles. The molecule has 1 saturated carbocycles. The summed E-state index contributed by atoms with van der Waals surface area (Å²) in [6.07, 6.45) is 0.280. The van der Waals surface area contributed by atoms with Crippen LogP contribution < -0.4 is 4.90 Å². The topological polar surface area (TPSA) is 64.4 Å². The molecule has 1 aliphatic heterocycles. The number of azide groups is 1. The van der Waals surface area contributed by atoms with Crippen LogP contribution in [-0.2, 0) is 0 Å². The van der Waals surface area contributed by atoms with E-state index in [4.69, 9.17) is 17.1 Å². The fraction of sp³-hybridized carbons (Fsp3) is 0.500. The van der Waals surface area contributed by atoms with Crippen LogP contribution in [-0.4, -0.2) is 24.6 Å². The first-order valence-electron chi connectivity index (χ1n) is 8.75. The lowest BCUT2D eigenvalue weighted by Crippen LogP contribution is -2.41. The Kier molecular flexibility index (Phi) is 5.97. The van der Waals surface area contributed by atoms with Crippen LogP contribution in [0.3, 0.4) is 0 Å². The van der Waals surface area contributed by atoms with Gasteiger partial charge in [0.05, 0.1) is 12.5 Å². The zero-order valence-electron chi connectivity index (χ0n) is 14.5. The maximum atomic E-state index is 13.0. The van der Waals surface area contributed by atoms with Crippen molar-refractivity contribution in [2.75, 3.05) is 11.4 Å². The fourth-order valence-corrected chi connectivity index (χ4v) is 3.78. The maximum Gasteiger partial charge on any atom is 0.391 e. The Morgan fingerprint density at radius 1 is 1.19 bits per heavy atom. The van der Waals surface area contributed by atoms with E-state index in [1.165, 1.54) is 0 Å². The second-order valence-electron chi connectivity index (χ2n) is 6.78. The highest BCUT2D eigenvalue weighted by Gasteiger charge is 2.43. The lowest BCUT2D eigenvalue weighted by atomic mass is 9.79. The van der Waals surface area contributed by atoms with Crippen molar-refractivity contribution in [2.45, 2.75) is 38.0 Å². The third kappa shape index (κ3) is 4.76. The van der Waals surface area contributed by atoms with Gasteiger partial charge < -0.3 is 4.90 Å². The Balaban J connectivity index is 1.82. The summed E-state index contributed by atoms with van der Waals surface area (Å²) in [4.78, 5) is 9.39. The van der Waals surface area contributed by atoms with Crippen LogP contribution >= 0.6 is 11.6 Å². The highest BCUT2D eigenvalue weighted by atomic mass is 35.5. The molecule has 2 aliphatic rings. The molecule has 0 radical (unpaired) electrons. The van der Waals surface area contributed by atoms with Crippen molar-refractivity contribution in [3.05, 3.63) is 52.0 Å². The zero-order chi connectivity index (χ0) is 19.4. The van der Waals surface area contributed by atoms with E-state index in [1.54, 1.807) is 18.2 Å². The predicted molar refractivity (Wildman–Crippen MR) is 99.8 cm³/mol. The minimum absolute atomic E-state index is 0.00899. The Bertz CT molecular complexity index is 760. The number of benzene rings is 1. The zero-order valence-corrected chi connectivity index (χ0v) is 15.2. The molecule has 1 aliphatic carbocycles. The highest BCUT2D eigenvalue weighted by molar-refractivity contribution is 6.30. The summed E-state index contributed by atoms with van der Waals surface area (Å²) in [7, 11) is 0. The first-order valence-corrected chi connectivity index (χ1v) is 9.12. The molecule has 1 heterocycles. The molecule has 5 nitrogen and oxygen atoms in total. The van der Waals surface area contributed by atoms with Gasteiger partial charge in [-0.15, -0.1) is 0 Å². The van der Waals surface area contributed by atoms with Crippen LogP contribution in [0, 0.1) is 11.8 Å². The molecule has 1 fully saturated rings. The molecule has 1 unspecified atom stereocenters. The van der Waals surface area contributed by atoms with E-state index in [1.807, 2.05) is 23.2 Å². The maximum absolute atomic E-state index is 13.0. The Labute approximate surface area is 160 Å². The molecule has 0 N–H and O–H groups in total. The average Bonchev–Trinajstić information content (AvgIpc) is 2.66. The second-order valence-corrected chi connectivity index (χ2v) is 7.21. The van der Waals surface area contributed by atoms with Crippen molar-refractivity contribution in [1.82, 2.24) is 0 Å². The van der Waals surface area contributed by atoms with Gasteiger partial charge in [0.15, 0.2) is 0 Å². The fourth-order valence-electron chi connectivity index (χ4n) is 3.66. The minimum atomic E-state index is -4.14. The van der Waals surface area contributed by atoms with Gasteiger partial charge in [0.25, 0.3) is 0 Å². The van der Waals surface area contributed by atoms with Crippen LogP contribution in [0.2, 0.25) is 5.02 Å². The van der Waals surface area contributed by atoms with E-state index in [2.05, 4.69) is 15.0 Å². The number of rotatable bonds is 4. The largest absolute Gasteiger partial charge is 0.391 e. The number of hydrogen-bond donors (Lipinski definition) is 0. The van der Waals surface area contributed by atoms with Gasteiger partial charge in [-0.05, 0) is 61.6 Å². The summed E-state index contributed by atoms with van der Waals surface area (Å²) in [5.41, 5.74) is 10.0. The monoisotopic (exact) mass is 397 g/mol. The standard InChI is InChI=1S/C18H19ClF3N5/c19-14-5-7-16(8-6-14)27-10-9-15(11-24-26-23)25-17(27)12-1-3-13(4-2-12)18(20,21)22/h5-10,12-13,17H,1-4,11H2. The van der Waals surface area contributed by atoms with Gasteiger partial charge in [0.1, 0.15) is 6.17 Å². The molecule has 9 heteroatoms. The SMILES string of the molecule is [N-]=[N+]=NCC1=NC(C2CCC(C(F)(F)F)CC2)N(c2ccc(Cl)cc2)C=C1. The third-order valence-corrected chi connectivity index (χ3v) is 5.34. The molecule has 0 spiro atoms. The summed E-state index contributed by atoms with van der Waals surface area (Å²) in [5.74, 6) is -1.24. The van der Waals surface area contributed by atoms with Gasteiger partial charge in [-0.25, -0.2) is 0 Å². The van der Waals surface area contributed by atoms with E-state index in [9.17, 15) is 13.2 Å². The van der Waals surface area contributed by atoms with Gasteiger partial charge >= 0.3 is 6.18 Å². The molecule has 1 atom stereocenters. The van der Waals surface area contributed by atoms with Crippen LogP contribution in [0.25, 0.3) is 10.4 Å². The molecular weight excluding hydrogens is 379 g/mol. The molecule has 0 bridgehead atoms. The number of alkyl halides is 3. The molecule has 0 amide bonds. The summed E-state index contributed by atoms with van der Waals surface area (Å²) in [6, 6.07) is 7.24. The van der Waals surface area contributed by atoms with E-state index >= 15 is 0 Å². The normalized spacial score (nSPS) is 25.7. The molecular formula is C18H19ClF3N5. The number of anilines is 1. The highest BCUT2D eigenvalue weighted by Crippen LogP contribution is 2.42. The summed E-state index contributed by atoms with van der Waals surface area (Å²) >= 11 is 5.96. The van der Waals surface area contributed by atoms with Gasteiger partial charge in [-0.1, -0.05) is 16.7 Å². The molecule has 1 aromatic rings. The van der Waals surface area contributed by atoms with Gasteiger partial charge in [0.2, 0.25) is 0 Å². The van der Waals surface area contributed by atoms with E-state index < -0.39 is 12.1 Å². The van der Waals surface area contributed by atoms with Crippen molar-refractivity contribution in [2.24, 2.45) is 21.9 Å². The first-order chi connectivity index (χ1) is 12.9. The van der Waals surface area contributed by atoms with Crippen LogP contribution in [0.15, 0.2) is 46.6 Å². The predicted octanol–water partition coefficient (Wildman–Crippen LogP) is 6.12. The Morgan fingerprint density at radius 3 is 2.44 bits per heavy atom.